The lowest BCUT2D eigenvalue weighted by Crippen LogP contribution is -2.47. The van der Waals surface area contributed by atoms with E-state index in [1.807, 2.05) is 20.0 Å². The van der Waals surface area contributed by atoms with Crippen LogP contribution in [0.15, 0.2) is 6.07 Å². The largest absolute Gasteiger partial charge is 0.480 e. The van der Waals surface area contributed by atoms with Crippen LogP contribution in [0.4, 0.5) is 0 Å². The Morgan fingerprint density at radius 2 is 2.20 bits per heavy atom. The van der Waals surface area contributed by atoms with Crippen molar-refractivity contribution in [1.29, 1.82) is 0 Å². The summed E-state index contributed by atoms with van der Waals surface area (Å²) in [6, 6.07) is 0.912. The molecule has 1 unspecified atom stereocenters. The van der Waals surface area contributed by atoms with Gasteiger partial charge in [0.05, 0.1) is 5.69 Å². The summed E-state index contributed by atoms with van der Waals surface area (Å²) in [6.07, 6.45) is 0. The summed E-state index contributed by atoms with van der Waals surface area (Å²) in [7, 11) is 1.82. The molecular formula is C10H17N3O2. The van der Waals surface area contributed by atoms with Crippen molar-refractivity contribution in [1.82, 2.24) is 9.78 Å². The molecular weight excluding hydrogens is 194 g/mol. The highest BCUT2D eigenvalue weighted by Gasteiger charge is 2.35. The third-order valence-corrected chi connectivity index (χ3v) is 2.82. The molecule has 0 aromatic carbocycles. The molecule has 0 saturated heterocycles. The molecule has 0 aliphatic rings. The van der Waals surface area contributed by atoms with Crippen LogP contribution in [0.5, 0.6) is 0 Å². The summed E-state index contributed by atoms with van der Waals surface area (Å²) in [5.74, 6) is -1.01. The van der Waals surface area contributed by atoms with E-state index in [0.29, 0.717) is 5.69 Å². The fourth-order valence-electron chi connectivity index (χ4n) is 1.34. The standard InChI is InChI=1S/C10H17N3O2/c1-6-5-7(12-13(6)4)10(2,3)8(11)9(14)15/h5,8H,11H2,1-4H3,(H,14,15). The van der Waals surface area contributed by atoms with Crippen molar-refractivity contribution in [3.8, 4) is 0 Å². The summed E-state index contributed by atoms with van der Waals surface area (Å²) in [6.45, 7) is 5.49. The van der Waals surface area contributed by atoms with Crippen LogP contribution in [0, 0.1) is 6.92 Å². The van der Waals surface area contributed by atoms with Crippen molar-refractivity contribution in [2.75, 3.05) is 0 Å². The molecule has 5 nitrogen and oxygen atoms in total. The van der Waals surface area contributed by atoms with Crippen molar-refractivity contribution in [3.05, 3.63) is 17.5 Å². The second kappa shape index (κ2) is 3.66. The number of aryl methyl sites for hydroxylation is 2. The van der Waals surface area contributed by atoms with E-state index < -0.39 is 17.4 Å². The van der Waals surface area contributed by atoms with Gasteiger partial charge < -0.3 is 10.8 Å². The van der Waals surface area contributed by atoms with Crippen LogP contribution in [-0.4, -0.2) is 26.9 Å². The summed E-state index contributed by atoms with van der Waals surface area (Å²) in [4.78, 5) is 10.9. The zero-order valence-corrected chi connectivity index (χ0v) is 9.48. The molecule has 1 aromatic heterocycles. The summed E-state index contributed by atoms with van der Waals surface area (Å²) in [5.41, 5.74) is 6.66. The highest BCUT2D eigenvalue weighted by Crippen LogP contribution is 2.25. The Morgan fingerprint density at radius 3 is 2.53 bits per heavy atom. The van der Waals surface area contributed by atoms with Gasteiger partial charge in [0.15, 0.2) is 0 Å². The third kappa shape index (κ3) is 2.02. The molecule has 1 atom stereocenters. The van der Waals surface area contributed by atoms with Crippen molar-refractivity contribution < 1.29 is 9.90 Å². The quantitative estimate of drug-likeness (QED) is 0.759. The zero-order valence-electron chi connectivity index (χ0n) is 9.48. The molecule has 0 amide bonds. The normalized spacial score (nSPS) is 13.9. The van der Waals surface area contributed by atoms with E-state index in [1.165, 1.54) is 0 Å². The number of nitrogens with zero attached hydrogens (tertiary/aromatic N) is 2. The van der Waals surface area contributed by atoms with Crippen LogP contribution in [0.2, 0.25) is 0 Å². The highest BCUT2D eigenvalue weighted by atomic mass is 16.4. The fraction of sp³-hybridized carbons (Fsp3) is 0.600. The number of hydrogen-bond donors (Lipinski definition) is 2. The number of aromatic nitrogens is 2. The number of carboxylic acids is 1. The lowest BCUT2D eigenvalue weighted by molar-refractivity contribution is -0.140. The van der Waals surface area contributed by atoms with Gasteiger partial charge in [0.2, 0.25) is 0 Å². The molecule has 0 radical (unpaired) electrons. The summed E-state index contributed by atoms with van der Waals surface area (Å²) >= 11 is 0. The molecule has 0 spiro atoms. The highest BCUT2D eigenvalue weighted by molar-refractivity contribution is 5.75. The fourth-order valence-corrected chi connectivity index (χ4v) is 1.34. The van der Waals surface area contributed by atoms with Gasteiger partial charge in [-0.3, -0.25) is 9.48 Å². The van der Waals surface area contributed by atoms with Crippen molar-refractivity contribution in [2.45, 2.75) is 32.2 Å². The van der Waals surface area contributed by atoms with Crippen LogP contribution in [-0.2, 0) is 17.3 Å². The second-order valence-electron chi connectivity index (χ2n) is 4.33. The first-order valence-corrected chi connectivity index (χ1v) is 4.76. The minimum Gasteiger partial charge on any atom is -0.480 e. The van der Waals surface area contributed by atoms with E-state index in [9.17, 15) is 4.79 Å². The molecule has 0 fully saturated rings. The Hall–Kier alpha value is -1.36. The average molecular weight is 211 g/mol. The molecule has 15 heavy (non-hydrogen) atoms. The van der Waals surface area contributed by atoms with E-state index in [-0.39, 0.29) is 0 Å². The molecule has 0 bridgehead atoms. The molecule has 0 aliphatic carbocycles. The van der Waals surface area contributed by atoms with Gasteiger partial charge in [0, 0.05) is 18.2 Å². The van der Waals surface area contributed by atoms with Gasteiger partial charge in [0.25, 0.3) is 0 Å². The maximum Gasteiger partial charge on any atom is 0.321 e. The molecule has 0 aliphatic heterocycles. The maximum atomic E-state index is 10.9. The Kier molecular flexibility index (Phi) is 2.86. The minimum atomic E-state index is -1.01. The number of nitrogens with two attached hydrogens (primary N) is 1. The number of rotatable bonds is 3. The SMILES string of the molecule is Cc1cc(C(C)(C)C(N)C(=O)O)nn1C. The van der Waals surface area contributed by atoms with E-state index in [2.05, 4.69) is 5.10 Å². The molecule has 5 heteroatoms. The minimum absolute atomic E-state index is 0.669. The Bertz CT molecular complexity index is 363. The molecule has 0 saturated carbocycles. The zero-order chi connectivity index (χ0) is 11.8. The van der Waals surface area contributed by atoms with E-state index >= 15 is 0 Å². The number of aliphatic carboxylic acids is 1. The molecule has 84 valence electrons. The Balaban J connectivity index is 3.10. The third-order valence-electron chi connectivity index (χ3n) is 2.82. The predicted molar refractivity (Wildman–Crippen MR) is 56.6 cm³/mol. The maximum absolute atomic E-state index is 10.9. The molecule has 1 heterocycles. The number of carbonyl (C=O) groups is 1. The average Bonchev–Trinajstić information content (AvgIpc) is 2.46. The van der Waals surface area contributed by atoms with Crippen LogP contribution in [0.1, 0.15) is 25.2 Å². The van der Waals surface area contributed by atoms with Gasteiger partial charge >= 0.3 is 5.97 Å². The van der Waals surface area contributed by atoms with Gasteiger partial charge in [-0.15, -0.1) is 0 Å². The predicted octanol–water partition coefficient (Wildman–Crippen LogP) is 0.418. The molecule has 1 aromatic rings. The Labute approximate surface area is 88.9 Å². The van der Waals surface area contributed by atoms with Crippen molar-refractivity contribution in [2.24, 2.45) is 12.8 Å². The monoisotopic (exact) mass is 211 g/mol. The van der Waals surface area contributed by atoms with Crippen LogP contribution >= 0.6 is 0 Å². The van der Waals surface area contributed by atoms with Gasteiger partial charge in [-0.05, 0) is 13.0 Å². The first-order chi connectivity index (χ1) is 6.76. The first-order valence-electron chi connectivity index (χ1n) is 4.76. The summed E-state index contributed by atoms with van der Waals surface area (Å²) in [5, 5.41) is 13.2. The van der Waals surface area contributed by atoms with E-state index in [4.69, 9.17) is 10.8 Å². The van der Waals surface area contributed by atoms with E-state index in [1.54, 1.807) is 18.5 Å². The van der Waals surface area contributed by atoms with Gasteiger partial charge in [-0.2, -0.15) is 5.10 Å². The lowest BCUT2D eigenvalue weighted by atomic mass is 9.81. The topological polar surface area (TPSA) is 81.1 Å². The first kappa shape index (κ1) is 11.7. The molecule has 1 rings (SSSR count). The van der Waals surface area contributed by atoms with Gasteiger partial charge in [-0.25, -0.2) is 0 Å². The summed E-state index contributed by atoms with van der Waals surface area (Å²) < 4.78 is 1.71. The van der Waals surface area contributed by atoms with Crippen LogP contribution in [0.25, 0.3) is 0 Å². The van der Waals surface area contributed by atoms with Crippen LogP contribution < -0.4 is 5.73 Å². The van der Waals surface area contributed by atoms with Crippen molar-refractivity contribution >= 4 is 5.97 Å². The molecule has 3 N–H and O–H groups in total. The van der Waals surface area contributed by atoms with Crippen LogP contribution in [0.3, 0.4) is 0 Å². The Morgan fingerprint density at radius 1 is 1.67 bits per heavy atom. The van der Waals surface area contributed by atoms with Gasteiger partial charge in [-0.1, -0.05) is 13.8 Å². The smallest absolute Gasteiger partial charge is 0.321 e. The van der Waals surface area contributed by atoms with E-state index in [0.717, 1.165) is 5.69 Å². The van der Waals surface area contributed by atoms with Gasteiger partial charge in [0.1, 0.15) is 6.04 Å². The number of hydrogen-bond acceptors (Lipinski definition) is 3. The van der Waals surface area contributed by atoms with Crippen molar-refractivity contribution in [3.63, 3.8) is 0 Å². The number of carboxylic acid groups (broad SMARTS) is 1. The second-order valence-corrected chi connectivity index (χ2v) is 4.33. The lowest BCUT2D eigenvalue weighted by Gasteiger charge is -2.26.